The van der Waals surface area contributed by atoms with Gasteiger partial charge in [-0.3, -0.25) is 0 Å². The molecule has 1 aromatic carbocycles. The molecule has 0 spiro atoms. The molecule has 2 rings (SSSR count). The number of phenols is 2. The van der Waals surface area contributed by atoms with Crippen LogP contribution in [0.3, 0.4) is 0 Å². The van der Waals surface area contributed by atoms with E-state index in [0.29, 0.717) is 24.6 Å². The summed E-state index contributed by atoms with van der Waals surface area (Å²) >= 11 is 0. The van der Waals surface area contributed by atoms with E-state index in [-0.39, 0.29) is 11.5 Å². The fourth-order valence-electron chi connectivity index (χ4n) is 2.05. The van der Waals surface area contributed by atoms with Crippen LogP contribution in [0.5, 0.6) is 11.5 Å². The molecule has 1 fully saturated rings. The summed E-state index contributed by atoms with van der Waals surface area (Å²) in [7, 11) is 0. The molecule has 1 aromatic rings. The molecule has 0 aliphatic carbocycles. The summed E-state index contributed by atoms with van der Waals surface area (Å²) in [5.74, 6) is -0.353. The second kappa shape index (κ2) is 3.96. The van der Waals surface area contributed by atoms with E-state index in [1.54, 1.807) is 6.07 Å². The van der Waals surface area contributed by atoms with E-state index >= 15 is 0 Å². The van der Waals surface area contributed by atoms with Gasteiger partial charge in [0.15, 0.2) is 11.5 Å². The fraction of sp³-hybridized carbons (Fsp3) is 0.500. The first-order chi connectivity index (χ1) is 7.51. The molecule has 4 heteroatoms. The van der Waals surface area contributed by atoms with Crippen molar-refractivity contribution in [3.8, 4) is 11.5 Å². The molecule has 16 heavy (non-hydrogen) atoms. The average Bonchev–Trinajstić information content (AvgIpc) is 2.26. The van der Waals surface area contributed by atoms with Gasteiger partial charge in [-0.2, -0.15) is 0 Å². The number of nitrogens with one attached hydrogen (secondary N) is 1. The molecule has 0 saturated carbocycles. The van der Waals surface area contributed by atoms with Crippen LogP contribution in [-0.2, 0) is 5.60 Å². The molecule has 1 saturated heterocycles. The molecule has 0 bridgehead atoms. The molecule has 1 heterocycles. The maximum Gasteiger partial charge on any atom is 0.157 e. The highest BCUT2D eigenvalue weighted by molar-refractivity contribution is 5.42. The molecule has 0 radical (unpaired) electrons. The third-order valence-corrected chi connectivity index (χ3v) is 3.25. The summed E-state index contributed by atoms with van der Waals surface area (Å²) in [4.78, 5) is 0. The van der Waals surface area contributed by atoms with Crippen molar-refractivity contribution in [3.63, 3.8) is 0 Å². The zero-order chi connectivity index (χ0) is 11.8. The fourth-order valence-corrected chi connectivity index (χ4v) is 2.05. The highest BCUT2D eigenvalue weighted by atomic mass is 16.3. The molecule has 0 unspecified atom stereocenters. The predicted octanol–water partition coefficient (Wildman–Crippen LogP) is 1.06. The van der Waals surface area contributed by atoms with Gasteiger partial charge in [0, 0.05) is 12.6 Å². The monoisotopic (exact) mass is 223 g/mol. The predicted molar refractivity (Wildman–Crippen MR) is 60.4 cm³/mol. The second-order valence-corrected chi connectivity index (χ2v) is 4.56. The van der Waals surface area contributed by atoms with Crippen LogP contribution in [0, 0.1) is 0 Å². The topological polar surface area (TPSA) is 72.7 Å². The Balaban J connectivity index is 2.25. The number of hydrogen-bond acceptors (Lipinski definition) is 4. The molecule has 88 valence electrons. The zero-order valence-corrected chi connectivity index (χ0v) is 9.27. The lowest BCUT2D eigenvalue weighted by atomic mass is 9.84. The Kier molecular flexibility index (Phi) is 2.78. The number of hydrogen-bond donors (Lipinski definition) is 4. The van der Waals surface area contributed by atoms with Gasteiger partial charge in [0.2, 0.25) is 0 Å². The van der Waals surface area contributed by atoms with Crippen LogP contribution < -0.4 is 5.32 Å². The number of benzene rings is 1. The molecule has 0 amide bonds. The van der Waals surface area contributed by atoms with Crippen LogP contribution >= 0.6 is 0 Å². The zero-order valence-electron chi connectivity index (χ0n) is 9.27. The number of piperidine rings is 1. The number of aliphatic hydroxyl groups is 1. The Morgan fingerprint density at radius 1 is 1.31 bits per heavy atom. The van der Waals surface area contributed by atoms with E-state index in [2.05, 4.69) is 12.2 Å². The van der Waals surface area contributed by atoms with E-state index in [1.807, 2.05) is 0 Å². The first-order valence-corrected chi connectivity index (χ1v) is 5.49. The first kappa shape index (κ1) is 11.2. The van der Waals surface area contributed by atoms with E-state index < -0.39 is 5.60 Å². The van der Waals surface area contributed by atoms with Crippen molar-refractivity contribution < 1.29 is 15.3 Å². The van der Waals surface area contributed by atoms with Crippen molar-refractivity contribution in [1.82, 2.24) is 5.32 Å². The molecule has 4 nitrogen and oxygen atoms in total. The average molecular weight is 223 g/mol. The molecular formula is C12H17NO3. The van der Waals surface area contributed by atoms with Crippen LogP contribution in [-0.4, -0.2) is 27.9 Å². The summed E-state index contributed by atoms with van der Waals surface area (Å²) in [6, 6.07) is 4.88. The number of phenolic OH excluding ortho intramolecular Hbond substituents is 2. The van der Waals surface area contributed by atoms with E-state index in [9.17, 15) is 15.3 Å². The van der Waals surface area contributed by atoms with Gasteiger partial charge in [0.05, 0.1) is 0 Å². The largest absolute Gasteiger partial charge is 0.504 e. The van der Waals surface area contributed by atoms with Gasteiger partial charge in [0.25, 0.3) is 0 Å². The minimum absolute atomic E-state index is 0.163. The number of rotatable bonds is 1. The standard InChI is InChI=1S/C12H17NO3/c1-8-4-5-12(16,7-13-8)9-2-3-10(14)11(15)6-9/h2-3,6,8,13-16H,4-5,7H2,1H3/t8-,12+/m1/s1. The Morgan fingerprint density at radius 2 is 2.06 bits per heavy atom. The van der Waals surface area contributed by atoms with Crippen molar-refractivity contribution in [1.29, 1.82) is 0 Å². The van der Waals surface area contributed by atoms with Crippen LogP contribution in [0.4, 0.5) is 0 Å². The maximum atomic E-state index is 10.4. The normalized spacial score (nSPS) is 30.2. The quantitative estimate of drug-likeness (QED) is 0.537. The van der Waals surface area contributed by atoms with Gasteiger partial charge in [0.1, 0.15) is 5.60 Å². The van der Waals surface area contributed by atoms with Gasteiger partial charge in [-0.05, 0) is 37.5 Å². The molecule has 2 atom stereocenters. The third kappa shape index (κ3) is 1.99. The minimum atomic E-state index is -0.947. The van der Waals surface area contributed by atoms with Crippen molar-refractivity contribution in [2.45, 2.75) is 31.4 Å². The highest BCUT2D eigenvalue weighted by Gasteiger charge is 2.33. The summed E-state index contributed by atoms with van der Waals surface area (Å²) in [6.45, 7) is 2.55. The lowest BCUT2D eigenvalue weighted by Gasteiger charge is -2.36. The van der Waals surface area contributed by atoms with Crippen LogP contribution in [0.1, 0.15) is 25.3 Å². The van der Waals surface area contributed by atoms with E-state index in [4.69, 9.17) is 0 Å². The SMILES string of the molecule is C[C@@H]1CC[C@@](O)(c2ccc(O)c(O)c2)CN1. The molecule has 1 aliphatic rings. The van der Waals surface area contributed by atoms with Gasteiger partial charge in [-0.1, -0.05) is 6.07 Å². The molecule has 0 aromatic heterocycles. The second-order valence-electron chi connectivity index (χ2n) is 4.56. The van der Waals surface area contributed by atoms with Crippen molar-refractivity contribution >= 4 is 0 Å². The summed E-state index contributed by atoms with van der Waals surface area (Å²) in [5.41, 5.74) is -0.306. The van der Waals surface area contributed by atoms with Crippen molar-refractivity contribution in [2.75, 3.05) is 6.54 Å². The van der Waals surface area contributed by atoms with Gasteiger partial charge >= 0.3 is 0 Å². The lowest BCUT2D eigenvalue weighted by Crippen LogP contribution is -2.47. The molecule has 1 aliphatic heterocycles. The van der Waals surface area contributed by atoms with Gasteiger partial charge in [-0.15, -0.1) is 0 Å². The van der Waals surface area contributed by atoms with Gasteiger partial charge in [-0.25, -0.2) is 0 Å². The Morgan fingerprint density at radius 3 is 2.62 bits per heavy atom. The first-order valence-electron chi connectivity index (χ1n) is 5.49. The Bertz CT molecular complexity index is 384. The van der Waals surface area contributed by atoms with Crippen molar-refractivity contribution in [3.05, 3.63) is 23.8 Å². The number of aromatic hydroxyl groups is 2. The van der Waals surface area contributed by atoms with Crippen LogP contribution in [0.2, 0.25) is 0 Å². The number of β-amino-alcohol motifs (C(OH)–C–C–N with tert-alkyl or cyclic N) is 1. The lowest BCUT2D eigenvalue weighted by molar-refractivity contribution is 0.00349. The van der Waals surface area contributed by atoms with Crippen molar-refractivity contribution in [2.24, 2.45) is 0 Å². The molecular weight excluding hydrogens is 206 g/mol. The molecule has 4 N–H and O–H groups in total. The van der Waals surface area contributed by atoms with Gasteiger partial charge < -0.3 is 20.6 Å². The van der Waals surface area contributed by atoms with E-state index in [0.717, 1.165) is 6.42 Å². The Labute approximate surface area is 94.5 Å². The van der Waals surface area contributed by atoms with Crippen LogP contribution in [0.25, 0.3) is 0 Å². The highest BCUT2D eigenvalue weighted by Crippen LogP contribution is 2.34. The minimum Gasteiger partial charge on any atom is -0.504 e. The summed E-state index contributed by atoms with van der Waals surface area (Å²) in [5, 5.41) is 32.3. The smallest absolute Gasteiger partial charge is 0.157 e. The summed E-state index contributed by atoms with van der Waals surface area (Å²) < 4.78 is 0. The van der Waals surface area contributed by atoms with Crippen LogP contribution in [0.15, 0.2) is 18.2 Å². The Hall–Kier alpha value is -1.26. The van der Waals surface area contributed by atoms with E-state index in [1.165, 1.54) is 12.1 Å². The maximum absolute atomic E-state index is 10.4. The third-order valence-electron chi connectivity index (χ3n) is 3.25. The summed E-state index contributed by atoms with van der Waals surface area (Å²) in [6.07, 6.45) is 1.55.